The van der Waals surface area contributed by atoms with Gasteiger partial charge in [-0.2, -0.15) is 0 Å². The molecule has 20 heavy (non-hydrogen) atoms. The standard InChI is InChI=1S/C14H22BrFN4/c15-12-10-13(16)14(18-11-12)20-8-6-19(7-9-20)5-3-1-2-4-17/h10-11H,1-9,17H2. The highest BCUT2D eigenvalue weighted by molar-refractivity contribution is 9.10. The fourth-order valence-electron chi connectivity index (χ4n) is 2.48. The number of hydrogen-bond donors (Lipinski definition) is 1. The summed E-state index contributed by atoms with van der Waals surface area (Å²) in [6.45, 7) is 5.51. The zero-order chi connectivity index (χ0) is 14.4. The Kier molecular flexibility index (Phi) is 6.19. The molecule has 0 saturated carbocycles. The van der Waals surface area contributed by atoms with Crippen molar-refractivity contribution in [3.8, 4) is 0 Å². The van der Waals surface area contributed by atoms with Gasteiger partial charge in [-0.05, 0) is 47.9 Å². The van der Waals surface area contributed by atoms with Gasteiger partial charge >= 0.3 is 0 Å². The first-order valence-electron chi connectivity index (χ1n) is 7.19. The minimum absolute atomic E-state index is 0.254. The van der Waals surface area contributed by atoms with E-state index in [9.17, 15) is 4.39 Å². The Balaban J connectivity index is 1.79. The summed E-state index contributed by atoms with van der Waals surface area (Å²) in [5, 5.41) is 0. The summed E-state index contributed by atoms with van der Waals surface area (Å²) in [6, 6.07) is 1.47. The Hall–Kier alpha value is -0.720. The van der Waals surface area contributed by atoms with Crippen LogP contribution in [0.25, 0.3) is 0 Å². The number of pyridine rings is 1. The lowest BCUT2D eigenvalue weighted by Gasteiger charge is -2.35. The van der Waals surface area contributed by atoms with Crippen molar-refractivity contribution in [3.63, 3.8) is 0 Å². The van der Waals surface area contributed by atoms with Gasteiger partial charge in [-0.3, -0.25) is 4.90 Å². The molecular formula is C14H22BrFN4. The maximum atomic E-state index is 13.9. The van der Waals surface area contributed by atoms with Crippen molar-refractivity contribution in [1.82, 2.24) is 9.88 Å². The van der Waals surface area contributed by atoms with Gasteiger partial charge in [-0.25, -0.2) is 9.37 Å². The monoisotopic (exact) mass is 344 g/mol. The van der Waals surface area contributed by atoms with E-state index in [1.54, 1.807) is 6.20 Å². The number of halogens is 2. The van der Waals surface area contributed by atoms with Crippen LogP contribution in [0.15, 0.2) is 16.7 Å². The molecule has 0 bridgehead atoms. The summed E-state index contributed by atoms with van der Waals surface area (Å²) >= 11 is 3.23. The van der Waals surface area contributed by atoms with Crippen LogP contribution in [0.1, 0.15) is 19.3 Å². The molecule has 6 heteroatoms. The second-order valence-electron chi connectivity index (χ2n) is 5.14. The van der Waals surface area contributed by atoms with Gasteiger partial charge in [-0.15, -0.1) is 0 Å². The van der Waals surface area contributed by atoms with Crippen LogP contribution in [-0.2, 0) is 0 Å². The van der Waals surface area contributed by atoms with Crippen LogP contribution in [0, 0.1) is 5.82 Å². The Labute approximate surface area is 128 Å². The second kappa shape index (κ2) is 7.90. The lowest BCUT2D eigenvalue weighted by molar-refractivity contribution is 0.251. The lowest BCUT2D eigenvalue weighted by atomic mass is 10.2. The second-order valence-corrected chi connectivity index (χ2v) is 6.05. The molecule has 1 saturated heterocycles. The van der Waals surface area contributed by atoms with Crippen LogP contribution in [0.2, 0.25) is 0 Å². The molecule has 112 valence electrons. The predicted octanol–water partition coefficient (Wildman–Crippen LogP) is 2.23. The molecule has 0 spiro atoms. The number of nitrogens with zero attached hydrogens (tertiary/aromatic N) is 3. The molecule has 2 N–H and O–H groups in total. The highest BCUT2D eigenvalue weighted by Gasteiger charge is 2.20. The van der Waals surface area contributed by atoms with E-state index in [1.807, 2.05) is 4.90 Å². The SMILES string of the molecule is NCCCCCN1CCN(c2ncc(Br)cc2F)CC1. The van der Waals surface area contributed by atoms with Crippen molar-refractivity contribution in [2.45, 2.75) is 19.3 Å². The summed E-state index contributed by atoms with van der Waals surface area (Å²) in [4.78, 5) is 8.64. The van der Waals surface area contributed by atoms with E-state index in [4.69, 9.17) is 5.73 Å². The van der Waals surface area contributed by atoms with Crippen molar-refractivity contribution < 1.29 is 4.39 Å². The zero-order valence-electron chi connectivity index (χ0n) is 11.7. The smallest absolute Gasteiger partial charge is 0.166 e. The average molecular weight is 345 g/mol. The molecule has 0 unspecified atom stereocenters. The van der Waals surface area contributed by atoms with Gasteiger partial charge in [0.2, 0.25) is 0 Å². The molecule has 1 aromatic heterocycles. The van der Waals surface area contributed by atoms with Gasteiger partial charge < -0.3 is 10.6 Å². The molecule has 1 aliphatic heterocycles. The van der Waals surface area contributed by atoms with Gasteiger partial charge in [0.05, 0.1) is 0 Å². The minimum atomic E-state index is -0.254. The number of piperazine rings is 1. The van der Waals surface area contributed by atoms with E-state index < -0.39 is 0 Å². The summed E-state index contributed by atoms with van der Waals surface area (Å²) < 4.78 is 14.5. The normalized spacial score (nSPS) is 16.6. The fraction of sp³-hybridized carbons (Fsp3) is 0.643. The third kappa shape index (κ3) is 4.40. The molecule has 0 amide bonds. The van der Waals surface area contributed by atoms with Crippen molar-refractivity contribution >= 4 is 21.7 Å². The quantitative estimate of drug-likeness (QED) is 0.804. The van der Waals surface area contributed by atoms with Gasteiger partial charge in [0.15, 0.2) is 11.6 Å². The topological polar surface area (TPSA) is 45.4 Å². The van der Waals surface area contributed by atoms with Crippen LogP contribution < -0.4 is 10.6 Å². The number of hydrogen-bond acceptors (Lipinski definition) is 4. The van der Waals surface area contributed by atoms with E-state index in [1.165, 1.54) is 18.9 Å². The van der Waals surface area contributed by atoms with E-state index in [0.717, 1.165) is 45.7 Å². The van der Waals surface area contributed by atoms with Crippen molar-refractivity contribution in [2.24, 2.45) is 5.73 Å². The fourth-order valence-corrected chi connectivity index (χ4v) is 2.78. The van der Waals surface area contributed by atoms with Crippen molar-refractivity contribution in [2.75, 3.05) is 44.2 Å². The Morgan fingerprint density at radius 3 is 2.60 bits per heavy atom. The number of unbranched alkanes of at least 4 members (excludes halogenated alkanes) is 2. The van der Waals surface area contributed by atoms with E-state index in [-0.39, 0.29) is 5.82 Å². The molecule has 0 aliphatic carbocycles. The first-order valence-corrected chi connectivity index (χ1v) is 7.98. The van der Waals surface area contributed by atoms with Gasteiger partial charge in [-0.1, -0.05) is 6.42 Å². The highest BCUT2D eigenvalue weighted by atomic mass is 79.9. The zero-order valence-corrected chi connectivity index (χ0v) is 13.3. The molecule has 1 fully saturated rings. The summed E-state index contributed by atoms with van der Waals surface area (Å²) in [6.07, 6.45) is 5.15. The van der Waals surface area contributed by atoms with Crippen LogP contribution in [0.4, 0.5) is 10.2 Å². The van der Waals surface area contributed by atoms with Gasteiger partial charge in [0.1, 0.15) is 0 Å². The van der Waals surface area contributed by atoms with E-state index in [2.05, 4.69) is 25.8 Å². The Morgan fingerprint density at radius 1 is 1.20 bits per heavy atom. The molecule has 0 aromatic carbocycles. The maximum Gasteiger partial charge on any atom is 0.166 e. The molecule has 1 aliphatic rings. The summed E-state index contributed by atoms with van der Waals surface area (Å²) in [5.74, 6) is 0.215. The summed E-state index contributed by atoms with van der Waals surface area (Å²) in [7, 11) is 0. The Bertz CT molecular complexity index is 422. The van der Waals surface area contributed by atoms with Crippen LogP contribution in [-0.4, -0.2) is 49.2 Å². The minimum Gasteiger partial charge on any atom is -0.352 e. The van der Waals surface area contributed by atoms with Crippen LogP contribution in [0.5, 0.6) is 0 Å². The van der Waals surface area contributed by atoms with Crippen LogP contribution in [0.3, 0.4) is 0 Å². The molecule has 2 rings (SSSR count). The molecular weight excluding hydrogens is 323 g/mol. The molecule has 4 nitrogen and oxygen atoms in total. The average Bonchev–Trinajstić information content (AvgIpc) is 2.45. The third-order valence-corrected chi connectivity index (χ3v) is 4.07. The maximum absolute atomic E-state index is 13.9. The van der Waals surface area contributed by atoms with Gasteiger partial charge in [0.25, 0.3) is 0 Å². The first kappa shape index (κ1) is 15.7. The molecule has 0 atom stereocenters. The predicted molar refractivity (Wildman–Crippen MR) is 83.5 cm³/mol. The van der Waals surface area contributed by atoms with E-state index >= 15 is 0 Å². The van der Waals surface area contributed by atoms with Crippen molar-refractivity contribution in [1.29, 1.82) is 0 Å². The third-order valence-electron chi connectivity index (χ3n) is 3.64. The molecule has 1 aromatic rings. The first-order chi connectivity index (χ1) is 9.70. The number of rotatable bonds is 6. The number of anilines is 1. The molecule has 0 radical (unpaired) electrons. The number of aromatic nitrogens is 1. The van der Waals surface area contributed by atoms with E-state index in [0.29, 0.717) is 10.3 Å². The van der Waals surface area contributed by atoms with Gasteiger partial charge in [0, 0.05) is 36.8 Å². The Morgan fingerprint density at radius 2 is 1.95 bits per heavy atom. The van der Waals surface area contributed by atoms with Crippen LogP contribution >= 0.6 is 15.9 Å². The summed E-state index contributed by atoms with van der Waals surface area (Å²) in [5.41, 5.74) is 5.49. The lowest BCUT2D eigenvalue weighted by Crippen LogP contribution is -2.47. The highest BCUT2D eigenvalue weighted by Crippen LogP contribution is 2.21. The largest absolute Gasteiger partial charge is 0.352 e. The molecule has 2 heterocycles. The van der Waals surface area contributed by atoms with Crippen molar-refractivity contribution in [3.05, 3.63) is 22.6 Å². The number of nitrogens with two attached hydrogens (primary N) is 1.